The normalized spacial score (nSPS) is 12.1. The van der Waals surface area contributed by atoms with Crippen LogP contribution in [0.2, 0.25) is 5.02 Å². The smallest absolute Gasteiger partial charge is 0.323 e. The summed E-state index contributed by atoms with van der Waals surface area (Å²) in [7, 11) is 0. The lowest BCUT2D eigenvalue weighted by Gasteiger charge is -2.21. The van der Waals surface area contributed by atoms with Crippen LogP contribution in [0.1, 0.15) is 25.5 Å². The third kappa shape index (κ3) is 4.69. The quantitative estimate of drug-likeness (QED) is 0.608. The molecule has 0 fully saturated rings. The number of halogens is 2. The Kier molecular flexibility index (Phi) is 7.14. The van der Waals surface area contributed by atoms with Gasteiger partial charge in [0, 0.05) is 15.1 Å². The second-order valence-electron chi connectivity index (χ2n) is 4.09. The molecular formula is C14H16BrClO5. The number of aliphatic hydroxyl groups is 1. The molecule has 0 aliphatic rings. The topological polar surface area (TPSA) is 72.8 Å². The van der Waals surface area contributed by atoms with Gasteiger partial charge in [0.25, 0.3) is 0 Å². The Morgan fingerprint density at radius 3 is 2.24 bits per heavy atom. The third-order valence-electron chi connectivity index (χ3n) is 2.67. The lowest BCUT2D eigenvalue weighted by atomic mass is 9.95. The summed E-state index contributed by atoms with van der Waals surface area (Å²) in [4.78, 5) is 23.9. The Labute approximate surface area is 136 Å². The zero-order valence-corrected chi connectivity index (χ0v) is 14.0. The van der Waals surface area contributed by atoms with Crippen molar-refractivity contribution in [3.63, 3.8) is 0 Å². The van der Waals surface area contributed by atoms with Gasteiger partial charge in [-0.2, -0.15) is 0 Å². The molecule has 0 saturated heterocycles. The van der Waals surface area contributed by atoms with Crippen LogP contribution in [-0.2, 0) is 19.1 Å². The molecule has 1 aromatic carbocycles. The highest BCUT2D eigenvalue weighted by molar-refractivity contribution is 9.10. The van der Waals surface area contributed by atoms with Crippen molar-refractivity contribution in [3.8, 4) is 0 Å². The Bertz CT molecular complexity index is 502. The van der Waals surface area contributed by atoms with Crippen LogP contribution in [0.3, 0.4) is 0 Å². The molecule has 0 aliphatic heterocycles. The molecule has 1 rings (SSSR count). The van der Waals surface area contributed by atoms with E-state index in [4.69, 9.17) is 21.1 Å². The first-order valence-corrected chi connectivity index (χ1v) is 7.55. The van der Waals surface area contributed by atoms with Gasteiger partial charge in [0.05, 0.1) is 13.2 Å². The second-order valence-corrected chi connectivity index (χ2v) is 5.42. The van der Waals surface area contributed by atoms with E-state index in [1.807, 2.05) is 0 Å². The van der Waals surface area contributed by atoms with Gasteiger partial charge in [0.15, 0.2) is 5.92 Å². The predicted octanol–water partition coefficient (Wildman–Crippen LogP) is 2.88. The average molecular weight is 380 g/mol. The van der Waals surface area contributed by atoms with Crippen LogP contribution in [0.15, 0.2) is 22.7 Å². The maximum absolute atomic E-state index is 11.9. The van der Waals surface area contributed by atoms with Crippen molar-refractivity contribution in [2.45, 2.75) is 20.0 Å². The minimum atomic E-state index is -1.48. The van der Waals surface area contributed by atoms with Gasteiger partial charge in [0.2, 0.25) is 0 Å². The number of ether oxygens (including phenoxy) is 2. The van der Waals surface area contributed by atoms with Crippen molar-refractivity contribution in [2.75, 3.05) is 13.2 Å². The number of hydrogen-bond acceptors (Lipinski definition) is 5. The summed E-state index contributed by atoms with van der Waals surface area (Å²) in [5, 5.41) is 10.6. The van der Waals surface area contributed by atoms with E-state index in [1.165, 1.54) is 0 Å². The fourth-order valence-corrected chi connectivity index (χ4v) is 2.35. The molecule has 0 aromatic heterocycles. The molecule has 1 unspecified atom stereocenters. The van der Waals surface area contributed by atoms with Gasteiger partial charge in [0.1, 0.15) is 6.10 Å². The Morgan fingerprint density at radius 2 is 1.76 bits per heavy atom. The van der Waals surface area contributed by atoms with E-state index < -0.39 is 24.0 Å². The summed E-state index contributed by atoms with van der Waals surface area (Å²) in [6.45, 7) is 3.40. The molecule has 0 bridgehead atoms. The van der Waals surface area contributed by atoms with Crippen LogP contribution in [-0.4, -0.2) is 30.3 Å². The first-order chi connectivity index (χ1) is 9.92. The molecule has 0 aliphatic carbocycles. The largest absolute Gasteiger partial charge is 0.465 e. The number of esters is 2. The van der Waals surface area contributed by atoms with Crippen molar-refractivity contribution >= 4 is 39.5 Å². The number of benzene rings is 1. The molecule has 7 heteroatoms. The van der Waals surface area contributed by atoms with E-state index in [0.29, 0.717) is 4.47 Å². The molecule has 1 N–H and O–H groups in total. The van der Waals surface area contributed by atoms with Crippen molar-refractivity contribution in [2.24, 2.45) is 5.92 Å². The maximum Gasteiger partial charge on any atom is 0.323 e. The molecule has 116 valence electrons. The van der Waals surface area contributed by atoms with Gasteiger partial charge in [-0.25, -0.2) is 0 Å². The highest BCUT2D eigenvalue weighted by Gasteiger charge is 2.38. The van der Waals surface area contributed by atoms with Gasteiger partial charge < -0.3 is 14.6 Å². The summed E-state index contributed by atoms with van der Waals surface area (Å²) in [6, 6.07) is 4.78. The van der Waals surface area contributed by atoms with E-state index in [1.54, 1.807) is 32.0 Å². The van der Waals surface area contributed by atoms with E-state index in [0.717, 1.165) is 0 Å². The molecule has 0 spiro atoms. The van der Waals surface area contributed by atoms with Gasteiger partial charge >= 0.3 is 11.9 Å². The van der Waals surface area contributed by atoms with Gasteiger partial charge in [-0.05, 0) is 32.0 Å². The lowest BCUT2D eigenvalue weighted by Crippen LogP contribution is -2.33. The second kappa shape index (κ2) is 8.36. The predicted molar refractivity (Wildman–Crippen MR) is 80.9 cm³/mol. The highest BCUT2D eigenvalue weighted by atomic mass is 79.9. The van der Waals surface area contributed by atoms with E-state index >= 15 is 0 Å². The molecular weight excluding hydrogens is 364 g/mol. The molecule has 0 radical (unpaired) electrons. The summed E-state index contributed by atoms with van der Waals surface area (Å²) >= 11 is 9.26. The summed E-state index contributed by atoms with van der Waals surface area (Å²) in [5.74, 6) is -3.17. The monoisotopic (exact) mass is 378 g/mol. The van der Waals surface area contributed by atoms with Crippen molar-refractivity contribution < 1.29 is 24.2 Å². The number of rotatable bonds is 6. The lowest BCUT2D eigenvalue weighted by molar-refractivity contribution is -0.167. The summed E-state index contributed by atoms with van der Waals surface area (Å²) in [6.07, 6.45) is -1.45. The van der Waals surface area contributed by atoms with Crippen LogP contribution in [0.25, 0.3) is 0 Å². The van der Waals surface area contributed by atoms with Crippen LogP contribution in [0.5, 0.6) is 0 Å². The molecule has 0 heterocycles. The zero-order valence-electron chi connectivity index (χ0n) is 11.6. The maximum atomic E-state index is 11.9. The van der Waals surface area contributed by atoms with E-state index in [9.17, 15) is 14.7 Å². The number of carbonyl (C=O) groups is 2. The fourth-order valence-electron chi connectivity index (χ4n) is 1.74. The Hall–Kier alpha value is -1.11. The summed E-state index contributed by atoms with van der Waals surface area (Å²) < 4.78 is 10.3. The number of carbonyl (C=O) groups excluding carboxylic acids is 2. The van der Waals surface area contributed by atoms with Crippen molar-refractivity contribution in [3.05, 3.63) is 33.3 Å². The standard InChI is InChI=1S/C14H16BrClO5/c1-3-20-13(18)11(14(19)21-4-2)12(17)9-7-8(15)5-6-10(9)16/h5-7,11-12,17H,3-4H2,1-2H3. The highest BCUT2D eigenvalue weighted by Crippen LogP contribution is 2.32. The molecule has 1 atom stereocenters. The van der Waals surface area contributed by atoms with Gasteiger partial charge in [-0.1, -0.05) is 27.5 Å². The fraction of sp³-hybridized carbons (Fsp3) is 0.429. The molecule has 0 saturated carbocycles. The minimum absolute atomic E-state index is 0.0909. The van der Waals surface area contributed by atoms with Crippen LogP contribution in [0.4, 0.5) is 0 Å². The van der Waals surface area contributed by atoms with E-state index in [2.05, 4.69) is 15.9 Å². The van der Waals surface area contributed by atoms with E-state index in [-0.39, 0.29) is 23.8 Å². The van der Waals surface area contributed by atoms with Crippen LogP contribution < -0.4 is 0 Å². The first-order valence-electron chi connectivity index (χ1n) is 6.38. The summed E-state index contributed by atoms with van der Waals surface area (Å²) in [5.41, 5.74) is 0.247. The molecule has 5 nitrogen and oxygen atoms in total. The third-order valence-corrected chi connectivity index (χ3v) is 3.51. The van der Waals surface area contributed by atoms with Gasteiger partial charge in [-0.15, -0.1) is 0 Å². The minimum Gasteiger partial charge on any atom is -0.465 e. The Balaban J connectivity index is 3.14. The average Bonchev–Trinajstić information content (AvgIpc) is 2.42. The Morgan fingerprint density at radius 1 is 1.24 bits per heavy atom. The molecule has 1 aromatic rings. The zero-order chi connectivity index (χ0) is 16.0. The molecule has 21 heavy (non-hydrogen) atoms. The number of aliphatic hydroxyl groups excluding tert-OH is 1. The van der Waals surface area contributed by atoms with Crippen LogP contribution >= 0.6 is 27.5 Å². The number of hydrogen-bond donors (Lipinski definition) is 1. The van der Waals surface area contributed by atoms with Gasteiger partial charge in [-0.3, -0.25) is 9.59 Å². The van der Waals surface area contributed by atoms with Crippen LogP contribution in [0, 0.1) is 5.92 Å². The van der Waals surface area contributed by atoms with Crippen molar-refractivity contribution in [1.29, 1.82) is 0 Å². The molecule has 0 amide bonds. The SMILES string of the molecule is CCOC(=O)C(C(=O)OCC)C(O)c1cc(Br)ccc1Cl. The first kappa shape index (κ1) is 17.9. The van der Waals surface area contributed by atoms with Crippen molar-refractivity contribution in [1.82, 2.24) is 0 Å².